The van der Waals surface area contributed by atoms with Gasteiger partial charge in [0, 0.05) is 18.3 Å². The number of rotatable bonds is 8. The number of hydrogen-bond acceptors (Lipinski definition) is 3. The van der Waals surface area contributed by atoms with Crippen LogP contribution < -0.4 is 14.8 Å². The van der Waals surface area contributed by atoms with E-state index in [0.717, 1.165) is 23.7 Å². The van der Waals surface area contributed by atoms with Crippen LogP contribution in [0.25, 0.3) is 0 Å². The summed E-state index contributed by atoms with van der Waals surface area (Å²) in [6, 6.07) is 5.98. The molecule has 1 atom stereocenters. The summed E-state index contributed by atoms with van der Waals surface area (Å²) in [5.74, 6) is 2.27. The average Bonchev–Trinajstić information content (AvgIpc) is 2.38. The van der Waals surface area contributed by atoms with Crippen LogP contribution in [-0.2, 0) is 0 Å². The van der Waals surface area contributed by atoms with E-state index in [-0.39, 0.29) is 0 Å². The lowest BCUT2D eigenvalue weighted by atomic mass is 10.1. The first-order valence-electron chi connectivity index (χ1n) is 6.75. The van der Waals surface area contributed by atoms with Crippen molar-refractivity contribution in [2.24, 2.45) is 5.92 Å². The molecule has 0 bridgehead atoms. The number of hydrogen-bond donors (Lipinski definition) is 1. The Kier molecular flexibility index (Phi) is 6.40. The van der Waals surface area contributed by atoms with Crippen molar-refractivity contribution in [1.29, 1.82) is 0 Å². The third-order valence-electron chi connectivity index (χ3n) is 2.90. The molecule has 3 nitrogen and oxygen atoms in total. The molecule has 1 rings (SSSR count). The minimum Gasteiger partial charge on any atom is -0.493 e. The molecule has 0 radical (unpaired) electrons. The van der Waals surface area contributed by atoms with Gasteiger partial charge >= 0.3 is 0 Å². The normalized spacial score (nSPS) is 12.0. The summed E-state index contributed by atoms with van der Waals surface area (Å²) in [6.45, 7) is 8.10. The number of ether oxygens (including phenoxy) is 2. The van der Waals surface area contributed by atoms with Gasteiger partial charge in [-0.25, -0.2) is 0 Å². The zero-order valence-electron chi connectivity index (χ0n) is 12.0. The van der Waals surface area contributed by atoms with Gasteiger partial charge in [0.25, 0.3) is 0 Å². The van der Waals surface area contributed by atoms with Crippen LogP contribution in [0.3, 0.4) is 0 Å². The Bertz CT molecular complexity index is 352. The summed E-state index contributed by atoms with van der Waals surface area (Å²) in [7, 11) is 1.67. The molecule has 0 heterocycles. The molecular weight excluding hydrogens is 226 g/mol. The topological polar surface area (TPSA) is 30.5 Å². The Morgan fingerprint density at radius 2 is 2.00 bits per heavy atom. The number of methoxy groups -OCH3 is 1. The standard InChI is InChI=1S/C15H25NO2/c1-5-7-12(3)11-16-13-8-9-14(18-6-2)15(10-13)17-4/h8-10,12,16H,5-7,11H2,1-4H3. The predicted octanol–water partition coefficient (Wildman–Crippen LogP) is 3.94. The van der Waals surface area contributed by atoms with Gasteiger partial charge in [-0.2, -0.15) is 0 Å². The highest BCUT2D eigenvalue weighted by Crippen LogP contribution is 2.30. The second kappa shape index (κ2) is 7.85. The minimum atomic E-state index is 0.649. The Hall–Kier alpha value is -1.38. The third-order valence-corrected chi connectivity index (χ3v) is 2.90. The summed E-state index contributed by atoms with van der Waals surface area (Å²) in [5.41, 5.74) is 1.08. The number of benzene rings is 1. The molecule has 0 saturated heterocycles. The fourth-order valence-corrected chi connectivity index (χ4v) is 1.94. The SMILES string of the molecule is CCCC(C)CNc1ccc(OCC)c(OC)c1. The second-order valence-electron chi connectivity index (χ2n) is 4.57. The lowest BCUT2D eigenvalue weighted by Gasteiger charge is -2.15. The molecule has 0 fully saturated rings. The maximum absolute atomic E-state index is 5.49. The van der Waals surface area contributed by atoms with Gasteiger partial charge in [-0.05, 0) is 31.4 Å². The molecule has 1 unspecified atom stereocenters. The van der Waals surface area contributed by atoms with E-state index in [9.17, 15) is 0 Å². The highest BCUT2D eigenvalue weighted by Gasteiger charge is 2.06. The van der Waals surface area contributed by atoms with Crippen LogP contribution in [0.4, 0.5) is 5.69 Å². The van der Waals surface area contributed by atoms with Crippen LogP contribution in [0.2, 0.25) is 0 Å². The van der Waals surface area contributed by atoms with Crippen molar-refractivity contribution in [3.05, 3.63) is 18.2 Å². The maximum Gasteiger partial charge on any atom is 0.162 e. The molecule has 0 amide bonds. The molecule has 3 heteroatoms. The summed E-state index contributed by atoms with van der Waals surface area (Å²) in [5, 5.41) is 3.44. The van der Waals surface area contributed by atoms with Crippen molar-refractivity contribution in [2.45, 2.75) is 33.6 Å². The van der Waals surface area contributed by atoms with Crippen molar-refractivity contribution >= 4 is 5.69 Å². The van der Waals surface area contributed by atoms with E-state index >= 15 is 0 Å². The van der Waals surface area contributed by atoms with Gasteiger partial charge in [0.2, 0.25) is 0 Å². The van der Waals surface area contributed by atoms with E-state index < -0.39 is 0 Å². The van der Waals surface area contributed by atoms with Crippen molar-refractivity contribution in [3.63, 3.8) is 0 Å². The quantitative estimate of drug-likeness (QED) is 0.759. The van der Waals surface area contributed by atoms with Crippen LogP contribution in [0.15, 0.2) is 18.2 Å². The fraction of sp³-hybridized carbons (Fsp3) is 0.600. The van der Waals surface area contributed by atoms with Gasteiger partial charge in [-0.3, -0.25) is 0 Å². The molecule has 0 aliphatic heterocycles. The number of nitrogens with one attached hydrogen (secondary N) is 1. The monoisotopic (exact) mass is 251 g/mol. The zero-order valence-corrected chi connectivity index (χ0v) is 12.0. The summed E-state index contributed by atoms with van der Waals surface area (Å²) in [6.07, 6.45) is 2.48. The zero-order chi connectivity index (χ0) is 13.4. The summed E-state index contributed by atoms with van der Waals surface area (Å²) >= 11 is 0. The smallest absolute Gasteiger partial charge is 0.162 e. The van der Waals surface area contributed by atoms with E-state index in [2.05, 4.69) is 19.2 Å². The lowest BCUT2D eigenvalue weighted by Crippen LogP contribution is -2.11. The highest BCUT2D eigenvalue weighted by atomic mass is 16.5. The highest BCUT2D eigenvalue weighted by molar-refractivity contribution is 5.54. The fourth-order valence-electron chi connectivity index (χ4n) is 1.94. The van der Waals surface area contributed by atoms with Gasteiger partial charge in [0.05, 0.1) is 13.7 Å². The third kappa shape index (κ3) is 4.47. The molecule has 0 saturated carbocycles. The van der Waals surface area contributed by atoms with E-state index in [0.29, 0.717) is 12.5 Å². The molecule has 1 N–H and O–H groups in total. The van der Waals surface area contributed by atoms with Gasteiger partial charge in [0.1, 0.15) is 0 Å². The first kappa shape index (κ1) is 14.7. The molecule has 0 aliphatic carbocycles. The Morgan fingerprint density at radius 1 is 1.22 bits per heavy atom. The maximum atomic E-state index is 5.49. The van der Waals surface area contributed by atoms with Crippen LogP contribution in [-0.4, -0.2) is 20.3 Å². The Labute approximate surface area is 110 Å². The van der Waals surface area contributed by atoms with Gasteiger partial charge in [-0.1, -0.05) is 20.3 Å². The summed E-state index contributed by atoms with van der Waals surface area (Å²) < 4.78 is 10.8. The molecule has 0 aromatic heterocycles. The molecule has 1 aromatic carbocycles. The van der Waals surface area contributed by atoms with Gasteiger partial charge in [0.15, 0.2) is 11.5 Å². The minimum absolute atomic E-state index is 0.649. The average molecular weight is 251 g/mol. The first-order valence-corrected chi connectivity index (χ1v) is 6.75. The molecule has 18 heavy (non-hydrogen) atoms. The Balaban J connectivity index is 2.61. The Morgan fingerprint density at radius 3 is 2.61 bits per heavy atom. The largest absolute Gasteiger partial charge is 0.493 e. The van der Waals surface area contributed by atoms with Crippen molar-refractivity contribution in [3.8, 4) is 11.5 Å². The molecular formula is C15H25NO2. The van der Waals surface area contributed by atoms with E-state index in [1.165, 1.54) is 12.8 Å². The first-order chi connectivity index (χ1) is 8.71. The molecule has 102 valence electrons. The molecule has 0 spiro atoms. The molecule has 1 aromatic rings. The summed E-state index contributed by atoms with van der Waals surface area (Å²) in [4.78, 5) is 0. The van der Waals surface area contributed by atoms with Crippen LogP contribution in [0.1, 0.15) is 33.6 Å². The van der Waals surface area contributed by atoms with Gasteiger partial charge in [-0.15, -0.1) is 0 Å². The van der Waals surface area contributed by atoms with E-state index in [4.69, 9.17) is 9.47 Å². The lowest BCUT2D eigenvalue weighted by molar-refractivity contribution is 0.311. The van der Waals surface area contributed by atoms with Crippen molar-refractivity contribution in [2.75, 3.05) is 25.6 Å². The predicted molar refractivity (Wildman–Crippen MR) is 76.7 cm³/mol. The second-order valence-corrected chi connectivity index (χ2v) is 4.57. The van der Waals surface area contributed by atoms with Gasteiger partial charge < -0.3 is 14.8 Å². The van der Waals surface area contributed by atoms with E-state index in [1.54, 1.807) is 7.11 Å². The van der Waals surface area contributed by atoms with Crippen LogP contribution in [0.5, 0.6) is 11.5 Å². The van der Waals surface area contributed by atoms with E-state index in [1.807, 2.05) is 25.1 Å². The van der Waals surface area contributed by atoms with Crippen molar-refractivity contribution < 1.29 is 9.47 Å². The van der Waals surface area contributed by atoms with Crippen LogP contribution in [0, 0.1) is 5.92 Å². The van der Waals surface area contributed by atoms with Crippen molar-refractivity contribution in [1.82, 2.24) is 0 Å². The number of anilines is 1. The van der Waals surface area contributed by atoms with Crippen LogP contribution >= 0.6 is 0 Å². The molecule has 0 aliphatic rings.